The summed E-state index contributed by atoms with van der Waals surface area (Å²) >= 11 is 0. The predicted molar refractivity (Wildman–Crippen MR) is 80.4 cm³/mol. The van der Waals surface area contributed by atoms with E-state index in [1.54, 1.807) is 0 Å². The van der Waals surface area contributed by atoms with E-state index in [0.29, 0.717) is 5.69 Å². The van der Waals surface area contributed by atoms with Gasteiger partial charge in [-0.05, 0) is 49.9 Å². The lowest BCUT2D eigenvalue weighted by Gasteiger charge is -2.15. The molecule has 1 N–H and O–H groups in total. The number of fused-ring (bicyclic) bond motifs is 1. The number of rotatable bonds is 2. The first-order valence-electron chi connectivity index (χ1n) is 6.99. The van der Waals surface area contributed by atoms with Crippen LogP contribution in [0.5, 0.6) is 0 Å². The van der Waals surface area contributed by atoms with Crippen LogP contribution < -0.4 is 5.32 Å². The van der Waals surface area contributed by atoms with Crippen molar-refractivity contribution in [1.29, 1.82) is 0 Å². The average molecular weight is 269 g/mol. The maximum atomic E-state index is 11.5. The quantitative estimate of drug-likeness (QED) is 0.852. The Bertz CT molecular complexity index is 686. The number of aldehydes is 1. The number of carbonyl (C=O) groups is 1. The molecule has 0 aliphatic carbocycles. The van der Waals surface area contributed by atoms with E-state index in [9.17, 15) is 4.79 Å². The standard InChI is InChI=1S/C16H19N3O/c1-10-7-12(3)13(8-11(10)2)15-14(9-20)19-6-4-5-17-16(19)18-15/h7-9H,4-6H2,1-3H3,(H,17,18). The molecule has 1 aromatic carbocycles. The lowest BCUT2D eigenvalue weighted by atomic mass is 9.98. The Labute approximate surface area is 118 Å². The zero-order valence-electron chi connectivity index (χ0n) is 12.2. The first-order chi connectivity index (χ1) is 9.61. The molecule has 2 aromatic rings. The summed E-state index contributed by atoms with van der Waals surface area (Å²) in [5.41, 5.74) is 6.18. The van der Waals surface area contributed by atoms with Crippen molar-refractivity contribution in [2.24, 2.45) is 0 Å². The van der Waals surface area contributed by atoms with Crippen LogP contribution in [-0.4, -0.2) is 22.4 Å². The number of anilines is 1. The Kier molecular flexibility index (Phi) is 3.08. The monoisotopic (exact) mass is 269 g/mol. The maximum Gasteiger partial charge on any atom is 0.203 e. The van der Waals surface area contributed by atoms with Crippen LogP contribution in [-0.2, 0) is 6.54 Å². The van der Waals surface area contributed by atoms with E-state index in [0.717, 1.165) is 48.6 Å². The number of aromatic nitrogens is 2. The van der Waals surface area contributed by atoms with Crippen molar-refractivity contribution in [3.63, 3.8) is 0 Å². The SMILES string of the molecule is Cc1cc(C)c(-c2nc3n(c2C=O)CCCN3)cc1C. The molecule has 0 radical (unpaired) electrons. The van der Waals surface area contributed by atoms with Crippen LogP contribution in [0, 0.1) is 20.8 Å². The van der Waals surface area contributed by atoms with Crippen molar-refractivity contribution >= 4 is 12.2 Å². The molecule has 1 aliphatic rings. The molecule has 0 saturated carbocycles. The Morgan fingerprint density at radius 1 is 1.20 bits per heavy atom. The fraction of sp³-hybridized carbons (Fsp3) is 0.375. The van der Waals surface area contributed by atoms with Gasteiger partial charge in [-0.1, -0.05) is 6.07 Å². The number of benzene rings is 1. The van der Waals surface area contributed by atoms with E-state index in [-0.39, 0.29) is 0 Å². The molecule has 3 rings (SSSR count). The third-order valence-electron chi connectivity index (χ3n) is 4.06. The summed E-state index contributed by atoms with van der Waals surface area (Å²) in [5, 5.41) is 3.27. The van der Waals surface area contributed by atoms with E-state index >= 15 is 0 Å². The molecule has 20 heavy (non-hydrogen) atoms. The van der Waals surface area contributed by atoms with E-state index in [4.69, 9.17) is 0 Å². The fourth-order valence-corrected chi connectivity index (χ4v) is 2.80. The number of imidazole rings is 1. The third kappa shape index (κ3) is 1.92. The summed E-state index contributed by atoms with van der Waals surface area (Å²) in [5.74, 6) is 0.811. The minimum Gasteiger partial charge on any atom is -0.356 e. The zero-order chi connectivity index (χ0) is 14.3. The van der Waals surface area contributed by atoms with Crippen molar-refractivity contribution in [2.75, 3.05) is 11.9 Å². The number of nitrogens with zero attached hydrogens (tertiary/aromatic N) is 2. The Hall–Kier alpha value is -2.10. The number of hydrogen-bond acceptors (Lipinski definition) is 3. The van der Waals surface area contributed by atoms with Gasteiger partial charge in [-0.25, -0.2) is 4.98 Å². The molecular weight excluding hydrogens is 250 g/mol. The second-order valence-corrected chi connectivity index (χ2v) is 5.47. The molecular formula is C16H19N3O. The normalized spacial score (nSPS) is 13.8. The summed E-state index contributed by atoms with van der Waals surface area (Å²) in [6.07, 6.45) is 1.95. The van der Waals surface area contributed by atoms with Crippen LogP contribution in [0.15, 0.2) is 12.1 Å². The van der Waals surface area contributed by atoms with Crippen LogP contribution in [0.3, 0.4) is 0 Å². The zero-order valence-corrected chi connectivity index (χ0v) is 12.2. The van der Waals surface area contributed by atoms with Crippen molar-refractivity contribution in [3.05, 3.63) is 34.5 Å². The highest BCUT2D eigenvalue weighted by Gasteiger charge is 2.21. The van der Waals surface area contributed by atoms with Gasteiger partial charge < -0.3 is 9.88 Å². The highest BCUT2D eigenvalue weighted by Crippen LogP contribution is 2.31. The topological polar surface area (TPSA) is 46.9 Å². The average Bonchev–Trinajstić information content (AvgIpc) is 2.81. The maximum absolute atomic E-state index is 11.5. The van der Waals surface area contributed by atoms with Gasteiger partial charge in [-0.15, -0.1) is 0 Å². The summed E-state index contributed by atoms with van der Waals surface area (Å²) in [7, 11) is 0. The van der Waals surface area contributed by atoms with Crippen molar-refractivity contribution in [3.8, 4) is 11.3 Å². The molecule has 0 unspecified atom stereocenters. The van der Waals surface area contributed by atoms with Crippen LogP contribution in [0.2, 0.25) is 0 Å². The minimum atomic E-state index is 0.679. The molecule has 0 amide bonds. The van der Waals surface area contributed by atoms with Crippen molar-refractivity contribution in [2.45, 2.75) is 33.7 Å². The number of hydrogen-bond donors (Lipinski definition) is 1. The minimum absolute atomic E-state index is 0.679. The van der Waals surface area contributed by atoms with Gasteiger partial charge in [0.1, 0.15) is 11.4 Å². The fourth-order valence-electron chi connectivity index (χ4n) is 2.80. The molecule has 2 heterocycles. The van der Waals surface area contributed by atoms with Gasteiger partial charge in [0, 0.05) is 18.7 Å². The molecule has 0 bridgehead atoms. The molecule has 0 saturated heterocycles. The van der Waals surface area contributed by atoms with Gasteiger partial charge in [-0.2, -0.15) is 0 Å². The van der Waals surface area contributed by atoms with E-state index in [1.165, 1.54) is 11.1 Å². The van der Waals surface area contributed by atoms with Crippen molar-refractivity contribution < 1.29 is 4.79 Å². The first-order valence-corrected chi connectivity index (χ1v) is 6.99. The molecule has 4 heteroatoms. The Balaban J connectivity index is 2.22. The van der Waals surface area contributed by atoms with E-state index in [2.05, 4.69) is 43.2 Å². The lowest BCUT2D eigenvalue weighted by molar-refractivity contribution is 0.111. The summed E-state index contributed by atoms with van der Waals surface area (Å²) in [6.45, 7) is 8.04. The lowest BCUT2D eigenvalue weighted by Crippen LogP contribution is -2.18. The van der Waals surface area contributed by atoms with E-state index < -0.39 is 0 Å². The van der Waals surface area contributed by atoms with Crippen LogP contribution in [0.4, 0.5) is 5.95 Å². The van der Waals surface area contributed by atoms with Gasteiger partial charge in [-0.3, -0.25) is 4.79 Å². The van der Waals surface area contributed by atoms with E-state index in [1.807, 2.05) is 4.57 Å². The molecule has 0 atom stereocenters. The highest BCUT2D eigenvalue weighted by molar-refractivity contribution is 5.86. The van der Waals surface area contributed by atoms with Gasteiger partial charge >= 0.3 is 0 Å². The van der Waals surface area contributed by atoms with Crippen LogP contribution in [0.25, 0.3) is 11.3 Å². The third-order valence-corrected chi connectivity index (χ3v) is 4.06. The van der Waals surface area contributed by atoms with Crippen LogP contribution in [0.1, 0.15) is 33.6 Å². The molecule has 1 aliphatic heterocycles. The van der Waals surface area contributed by atoms with Gasteiger partial charge in [0.2, 0.25) is 5.95 Å². The molecule has 4 nitrogen and oxygen atoms in total. The van der Waals surface area contributed by atoms with Crippen molar-refractivity contribution in [1.82, 2.24) is 9.55 Å². The summed E-state index contributed by atoms with van der Waals surface area (Å²) in [6, 6.07) is 4.29. The van der Waals surface area contributed by atoms with Gasteiger partial charge in [0.15, 0.2) is 6.29 Å². The second-order valence-electron chi connectivity index (χ2n) is 5.47. The van der Waals surface area contributed by atoms with Gasteiger partial charge in [0.05, 0.1) is 0 Å². The molecule has 0 spiro atoms. The number of carbonyl (C=O) groups excluding carboxylic acids is 1. The molecule has 0 fully saturated rings. The first kappa shape index (κ1) is 12.9. The second kappa shape index (κ2) is 4.78. The Morgan fingerprint density at radius 3 is 2.70 bits per heavy atom. The molecule has 104 valence electrons. The summed E-state index contributed by atoms with van der Waals surface area (Å²) < 4.78 is 1.99. The Morgan fingerprint density at radius 2 is 1.95 bits per heavy atom. The number of nitrogens with one attached hydrogen (secondary N) is 1. The highest BCUT2D eigenvalue weighted by atomic mass is 16.1. The van der Waals surface area contributed by atoms with Gasteiger partial charge in [0.25, 0.3) is 0 Å². The van der Waals surface area contributed by atoms with Crippen LogP contribution >= 0.6 is 0 Å². The predicted octanol–water partition coefficient (Wildman–Crippen LogP) is 3.10. The number of aryl methyl sites for hydroxylation is 3. The molecule has 1 aromatic heterocycles. The summed E-state index contributed by atoms with van der Waals surface area (Å²) in [4.78, 5) is 16.2. The largest absolute Gasteiger partial charge is 0.356 e. The smallest absolute Gasteiger partial charge is 0.203 e.